The molecule has 0 bridgehead atoms. The van der Waals surface area contributed by atoms with Crippen molar-refractivity contribution in [2.75, 3.05) is 18.2 Å². The summed E-state index contributed by atoms with van der Waals surface area (Å²) < 4.78 is 31.2. The van der Waals surface area contributed by atoms with Crippen molar-refractivity contribution < 1.29 is 12.9 Å². The molecule has 0 amide bonds. The standard InChI is InChI=1S/C19H27N3O3S/c1-19(2)14(11-18(19)21-26(4,23)24)10-15-12-17(25-20-15)13-22(3)16-8-6-5-7-9-16/h5-9,12,14,18,21H,10-11,13H2,1-4H3/t14-,18+/m1/s1. The van der Waals surface area contributed by atoms with Gasteiger partial charge < -0.3 is 9.42 Å². The Morgan fingerprint density at radius 3 is 2.62 bits per heavy atom. The summed E-state index contributed by atoms with van der Waals surface area (Å²) in [6.07, 6.45) is 2.84. The van der Waals surface area contributed by atoms with E-state index in [0.29, 0.717) is 12.5 Å². The van der Waals surface area contributed by atoms with Crippen LogP contribution in [0.25, 0.3) is 0 Å². The summed E-state index contributed by atoms with van der Waals surface area (Å²) in [5, 5.41) is 4.21. The molecule has 6 nitrogen and oxygen atoms in total. The predicted octanol–water partition coefficient (Wildman–Crippen LogP) is 2.82. The lowest BCUT2D eigenvalue weighted by Gasteiger charge is -2.52. The van der Waals surface area contributed by atoms with Crippen LogP contribution in [0.4, 0.5) is 5.69 Å². The quantitative estimate of drug-likeness (QED) is 0.803. The number of hydrogen-bond acceptors (Lipinski definition) is 5. The summed E-state index contributed by atoms with van der Waals surface area (Å²) in [6.45, 7) is 4.87. The highest BCUT2D eigenvalue weighted by atomic mass is 32.2. The van der Waals surface area contributed by atoms with Crippen LogP contribution in [-0.2, 0) is 23.0 Å². The fourth-order valence-electron chi connectivity index (χ4n) is 3.61. The molecule has 0 unspecified atom stereocenters. The summed E-state index contributed by atoms with van der Waals surface area (Å²) in [5.41, 5.74) is 1.96. The number of benzene rings is 1. The summed E-state index contributed by atoms with van der Waals surface area (Å²) >= 11 is 0. The number of nitrogens with one attached hydrogen (secondary N) is 1. The maximum absolute atomic E-state index is 11.5. The van der Waals surface area contributed by atoms with Gasteiger partial charge in [-0.15, -0.1) is 0 Å². The summed E-state index contributed by atoms with van der Waals surface area (Å²) in [4.78, 5) is 2.11. The smallest absolute Gasteiger partial charge is 0.208 e. The highest BCUT2D eigenvalue weighted by Gasteiger charge is 2.49. The van der Waals surface area contributed by atoms with Crippen molar-refractivity contribution in [1.82, 2.24) is 9.88 Å². The van der Waals surface area contributed by atoms with Crippen molar-refractivity contribution in [3.63, 3.8) is 0 Å². The second-order valence-corrected chi connectivity index (χ2v) is 9.66. The van der Waals surface area contributed by atoms with Crippen LogP contribution in [-0.4, -0.2) is 32.9 Å². The van der Waals surface area contributed by atoms with E-state index in [2.05, 4.69) is 40.8 Å². The summed E-state index contributed by atoms with van der Waals surface area (Å²) in [7, 11) is -1.16. The molecule has 0 radical (unpaired) electrons. The van der Waals surface area contributed by atoms with Crippen LogP contribution in [0.3, 0.4) is 0 Å². The molecule has 2 aromatic rings. The molecule has 1 aliphatic rings. The molecule has 142 valence electrons. The minimum Gasteiger partial charge on any atom is -0.367 e. The van der Waals surface area contributed by atoms with E-state index >= 15 is 0 Å². The van der Waals surface area contributed by atoms with Gasteiger partial charge in [-0.2, -0.15) is 0 Å². The summed E-state index contributed by atoms with van der Waals surface area (Å²) in [6, 6.07) is 12.1. The first-order valence-corrected chi connectivity index (χ1v) is 10.7. The minimum atomic E-state index is -3.18. The molecule has 0 aliphatic heterocycles. The Hall–Kier alpha value is -1.86. The number of sulfonamides is 1. The van der Waals surface area contributed by atoms with Crippen molar-refractivity contribution in [1.29, 1.82) is 0 Å². The van der Waals surface area contributed by atoms with Gasteiger partial charge in [0.15, 0.2) is 5.76 Å². The zero-order valence-corrected chi connectivity index (χ0v) is 16.6. The number of rotatable bonds is 7. The van der Waals surface area contributed by atoms with Crippen LogP contribution >= 0.6 is 0 Å². The van der Waals surface area contributed by atoms with Crippen LogP contribution in [0.2, 0.25) is 0 Å². The Morgan fingerprint density at radius 2 is 2.00 bits per heavy atom. The molecule has 26 heavy (non-hydrogen) atoms. The zero-order chi connectivity index (χ0) is 18.9. The monoisotopic (exact) mass is 377 g/mol. The molecule has 7 heteroatoms. The Bertz CT molecular complexity index is 846. The first-order chi connectivity index (χ1) is 12.1. The maximum Gasteiger partial charge on any atom is 0.208 e. The van der Waals surface area contributed by atoms with Crippen LogP contribution in [0.15, 0.2) is 40.9 Å². The first kappa shape index (κ1) is 18.9. The van der Waals surface area contributed by atoms with Gasteiger partial charge in [0.2, 0.25) is 10.0 Å². The van der Waals surface area contributed by atoms with Gasteiger partial charge in [-0.05, 0) is 36.3 Å². The van der Waals surface area contributed by atoms with E-state index in [9.17, 15) is 8.42 Å². The third kappa shape index (κ3) is 4.27. The van der Waals surface area contributed by atoms with Gasteiger partial charge in [-0.3, -0.25) is 0 Å². The molecule has 1 aromatic heterocycles. The SMILES string of the molecule is CN(Cc1cc(C[C@@H]2C[C@H](NS(C)(=O)=O)C2(C)C)no1)c1ccccc1. The molecular formula is C19H27N3O3S. The second-order valence-electron chi connectivity index (χ2n) is 7.88. The number of anilines is 1. The predicted molar refractivity (Wildman–Crippen MR) is 102 cm³/mol. The van der Waals surface area contributed by atoms with Crippen molar-refractivity contribution in [3.05, 3.63) is 47.9 Å². The number of hydrogen-bond donors (Lipinski definition) is 1. The molecule has 1 N–H and O–H groups in total. The van der Waals surface area contributed by atoms with E-state index in [1.165, 1.54) is 6.26 Å². The average Bonchev–Trinajstić information content (AvgIpc) is 3.01. The van der Waals surface area contributed by atoms with Gasteiger partial charge in [0.1, 0.15) is 0 Å². The lowest BCUT2D eigenvalue weighted by Crippen LogP contribution is -2.58. The lowest BCUT2D eigenvalue weighted by atomic mass is 9.57. The first-order valence-electron chi connectivity index (χ1n) is 8.83. The second kappa shape index (κ2) is 7.04. The molecule has 1 saturated carbocycles. The van der Waals surface area contributed by atoms with Crippen LogP contribution in [0, 0.1) is 11.3 Å². The molecule has 1 aromatic carbocycles. The van der Waals surface area contributed by atoms with Crippen molar-refractivity contribution >= 4 is 15.7 Å². The molecule has 1 fully saturated rings. The highest BCUT2D eigenvalue weighted by molar-refractivity contribution is 7.88. The third-order valence-corrected chi connectivity index (χ3v) is 6.19. The van der Waals surface area contributed by atoms with Gasteiger partial charge >= 0.3 is 0 Å². The lowest BCUT2D eigenvalue weighted by molar-refractivity contribution is 0.0271. The third-order valence-electron chi connectivity index (χ3n) is 5.48. The van der Waals surface area contributed by atoms with Gasteiger partial charge in [0, 0.05) is 24.8 Å². The molecule has 0 spiro atoms. The normalized spacial score (nSPS) is 22.0. The topological polar surface area (TPSA) is 75.4 Å². The Kier molecular flexibility index (Phi) is 5.12. The maximum atomic E-state index is 11.5. The van der Waals surface area contributed by atoms with E-state index in [1.54, 1.807) is 0 Å². The fraction of sp³-hybridized carbons (Fsp3) is 0.526. The molecule has 1 aliphatic carbocycles. The minimum absolute atomic E-state index is 0.0157. The average molecular weight is 378 g/mol. The molecule has 0 saturated heterocycles. The molecule has 1 heterocycles. The van der Waals surface area contributed by atoms with Gasteiger partial charge in [-0.25, -0.2) is 13.1 Å². The zero-order valence-electron chi connectivity index (χ0n) is 15.8. The van der Waals surface area contributed by atoms with Crippen molar-refractivity contribution in [2.24, 2.45) is 11.3 Å². The van der Waals surface area contributed by atoms with E-state index in [0.717, 1.165) is 30.0 Å². The van der Waals surface area contributed by atoms with Crippen LogP contribution in [0.1, 0.15) is 31.7 Å². The fourth-order valence-corrected chi connectivity index (χ4v) is 4.52. The summed E-state index contributed by atoms with van der Waals surface area (Å²) in [5.74, 6) is 1.21. The van der Waals surface area contributed by atoms with Gasteiger partial charge in [-0.1, -0.05) is 37.2 Å². The number of nitrogens with zero attached hydrogens (tertiary/aromatic N) is 2. The van der Waals surface area contributed by atoms with Crippen LogP contribution in [0.5, 0.6) is 0 Å². The van der Waals surface area contributed by atoms with Crippen LogP contribution < -0.4 is 9.62 Å². The van der Waals surface area contributed by atoms with E-state index in [-0.39, 0.29) is 11.5 Å². The van der Waals surface area contributed by atoms with Crippen molar-refractivity contribution in [3.8, 4) is 0 Å². The molecule has 3 rings (SSSR count). The van der Waals surface area contributed by atoms with E-state index < -0.39 is 10.0 Å². The van der Waals surface area contributed by atoms with E-state index in [4.69, 9.17) is 4.52 Å². The Balaban J connectivity index is 1.58. The van der Waals surface area contributed by atoms with Gasteiger partial charge in [0.05, 0.1) is 18.5 Å². The van der Waals surface area contributed by atoms with Gasteiger partial charge in [0.25, 0.3) is 0 Å². The largest absolute Gasteiger partial charge is 0.367 e. The highest BCUT2D eigenvalue weighted by Crippen LogP contribution is 2.48. The number of para-hydroxylation sites is 1. The van der Waals surface area contributed by atoms with E-state index in [1.807, 2.05) is 31.3 Å². The molecule has 2 atom stereocenters. The Morgan fingerprint density at radius 1 is 1.31 bits per heavy atom. The molecular weight excluding hydrogens is 350 g/mol. The number of aromatic nitrogens is 1. The Labute approximate surface area is 155 Å². The van der Waals surface area contributed by atoms with Crippen molar-refractivity contribution in [2.45, 2.75) is 39.3 Å².